The van der Waals surface area contributed by atoms with E-state index in [1.807, 2.05) is 6.07 Å². The van der Waals surface area contributed by atoms with Gasteiger partial charge in [-0.25, -0.2) is 4.79 Å². The zero-order valence-electron chi connectivity index (χ0n) is 15.2. The van der Waals surface area contributed by atoms with Crippen LogP contribution in [0.2, 0.25) is 0 Å². The first-order chi connectivity index (χ1) is 14.0. The molecule has 30 heavy (non-hydrogen) atoms. The topological polar surface area (TPSA) is 78.7 Å². The fourth-order valence-corrected chi connectivity index (χ4v) is 5.29. The molecule has 11 heteroatoms. The summed E-state index contributed by atoms with van der Waals surface area (Å²) < 4.78 is 12.2. The zero-order chi connectivity index (χ0) is 22.5. The van der Waals surface area contributed by atoms with E-state index in [1.165, 1.54) is 24.3 Å². The van der Waals surface area contributed by atoms with Gasteiger partial charge in [-0.05, 0) is 111 Å². The molecule has 0 N–H and O–H groups in total. The molecule has 0 amide bonds. The third-order valence-corrected chi connectivity index (χ3v) is 8.35. The quantitative estimate of drug-likeness (QED) is 0.0501. The number of nitro benzene ring substituents is 1. The van der Waals surface area contributed by atoms with Crippen molar-refractivity contribution >= 4 is 91.3 Å². The first kappa shape index (κ1) is 25.5. The molecule has 160 valence electrons. The highest BCUT2D eigenvalue weighted by atomic mass is 79.9. The van der Waals surface area contributed by atoms with Crippen molar-refractivity contribution in [2.75, 3.05) is 6.61 Å². The number of halogens is 5. The summed E-state index contributed by atoms with van der Waals surface area (Å²) >= 11 is 17.1. The maximum Gasteiger partial charge on any atom is 0.335 e. The van der Waals surface area contributed by atoms with E-state index in [0.717, 1.165) is 8.95 Å². The monoisotopic (exact) mass is 731 g/mol. The van der Waals surface area contributed by atoms with Gasteiger partial charge in [0.1, 0.15) is 5.75 Å². The molecule has 0 radical (unpaired) electrons. The van der Waals surface area contributed by atoms with Crippen LogP contribution in [-0.2, 0) is 13.0 Å². The normalized spacial score (nSPS) is 11.1. The predicted molar refractivity (Wildman–Crippen MR) is 132 cm³/mol. The molecule has 0 heterocycles. The molecule has 2 rings (SSSR count). The van der Waals surface area contributed by atoms with Gasteiger partial charge in [-0.15, -0.1) is 0 Å². The fourth-order valence-electron chi connectivity index (χ4n) is 2.24. The molecule has 0 spiro atoms. The number of hydrogen-bond donors (Lipinski definition) is 0. The van der Waals surface area contributed by atoms with Crippen molar-refractivity contribution in [1.29, 1.82) is 0 Å². The lowest BCUT2D eigenvalue weighted by Gasteiger charge is -2.24. The summed E-state index contributed by atoms with van der Waals surface area (Å²) in [6.45, 7) is 4.11. The molecular weight excluding hydrogens is 722 g/mol. The summed E-state index contributed by atoms with van der Waals surface area (Å²) in [7, 11) is 0. The Morgan fingerprint density at radius 2 is 1.70 bits per heavy atom. The standard InChI is InChI=1S/C19H14Br5NO5/c1-11(3-2-10-29-13-6-4-12(5-7-13)25(27)28)18(26)30-19(23,24)14-8-9-15(20)17(22)16(14)21/h4-9H,1-3,10H2. The largest absolute Gasteiger partial charge is 0.494 e. The van der Waals surface area contributed by atoms with Gasteiger partial charge in [-0.3, -0.25) is 10.1 Å². The first-order valence-electron chi connectivity index (χ1n) is 8.33. The van der Waals surface area contributed by atoms with E-state index < -0.39 is 14.3 Å². The summed E-state index contributed by atoms with van der Waals surface area (Å²) in [5.74, 6) is -0.0515. The number of benzene rings is 2. The van der Waals surface area contributed by atoms with Crippen LogP contribution in [0.15, 0.2) is 62.0 Å². The van der Waals surface area contributed by atoms with Crippen LogP contribution in [0.1, 0.15) is 18.4 Å². The van der Waals surface area contributed by atoms with E-state index in [9.17, 15) is 14.9 Å². The van der Waals surface area contributed by atoms with Gasteiger partial charge in [0.2, 0.25) is 3.42 Å². The Morgan fingerprint density at radius 3 is 2.30 bits per heavy atom. The minimum absolute atomic E-state index is 0.00376. The van der Waals surface area contributed by atoms with Crippen LogP contribution in [0.5, 0.6) is 5.75 Å². The number of ether oxygens (including phenoxy) is 2. The second-order valence-electron chi connectivity index (χ2n) is 5.94. The average Bonchev–Trinajstić information content (AvgIpc) is 2.69. The average molecular weight is 736 g/mol. The highest BCUT2D eigenvalue weighted by Gasteiger charge is 2.33. The Labute approximate surface area is 215 Å². The Hall–Kier alpha value is -0.750. The maximum atomic E-state index is 12.4. The molecule has 6 nitrogen and oxygen atoms in total. The molecule has 0 unspecified atom stereocenters. The van der Waals surface area contributed by atoms with Crippen LogP contribution in [0.4, 0.5) is 5.69 Å². The maximum absolute atomic E-state index is 12.4. The molecule has 2 aromatic carbocycles. The van der Waals surface area contributed by atoms with Crippen molar-refractivity contribution in [1.82, 2.24) is 0 Å². The van der Waals surface area contributed by atoms with Gasteiger partial charge in [-0.1, -0.05) is 12.6 Å². The van der Waals surface area contributed by atoms with Crippen molar-refractivity contribution in [2.24, 2.45) is 0 Å². The number of non-ortho nitro benzene ring substituents is 1. The van der Waals surface area contributed by atoms with Crippen molar-refractivity contribution in [3.63, 3.8) is 0 Å². The minimum atomic E-state index is -1.24. The van der Waals surface area contributed by atoms with E-state index in [-0.39, 0.29) is 11.3 Å². The van der Waals surface area contributed by atoms with Gasteiger partial charge in [0.05, 0.1) is 11.5 Å². The van der Waals surface area contributed by atoms with Crippen LogP contribution in [0.3, 0.4) is 0 Å². The molecule has 2 aromatic rings. The molecule has 0 saturated carbocycles. The zero-order valence-corrected chi connectivity index (χ0v) is 23.1. The number of nitro groups is 1. The Bertz CT molecular complexity index is 963. The molecule has 0 fully saturated rings. The van der Waals surface area contributed by atoms with Gasteiger partial charge in [0.15, 0.2) is 0 Å². The van der Waals surface area contributed by atoms with Gasteiger partial charge in [0, 0.05) is 36.7 Å². The first-order valence-corrected chi connectivity index (χ1v) is 12.3. The Balaban J connectivity index is 1.86. The Morgan fingerprint density at radius 1 is 1.07 bits per heavy atom. The number of hydrogen-bond acceptors (Lipinski definition) is 5. The number of nitrogens with zero attached hydrogens (tertiary/aromatic N) is 1. The van der Waals surface area contributed by atoms with Crippen LogP contribution < -0.4 is 4.74 Å². The number of esters is 1. The van der Waals surface area contributed by atoms with E-state index in [0.29, 0.717) is 35.2 Å². The molecule has 0 aliphatic rings. The number of carbonyl (C=O) groups excluding carboxylic acids is 1. The molecular formula is C19H14Br5NO5. The fraction of sp³-hybridized carbons (Fsp3) is 0.211. The van der Waals surface area contributed by atoms with E-state index in [4.69, 9.17) is 9.47 Å². The highest BCUT2D eigenvalue weighted by molar-refractivity contribution is 9.24. The van der Waals surface area contributed by atoms with Crippen LogP contribution >= 0.6 is 79.6 Å². The van der Waals surface area contributed by atoms with Gasteiger partial charge >= 0.3 is 5.97 Å². The van der Waals surface area contributed by atoms with Gasteiger partial charge in [0.25, 0.3) is 5.69 Å². The molecule has 0 aliphatic carbocycles. The van der Waals surface area contributed by atoms with E-state index in [1.54, 1.807) is 6.07 Å². The molecule has 0 saturated heterocycles. The summed E-state index contributed by atoms with van der Waals surface area (Å²) in [6.07, 6.45) is 0.892. The smallest absolute Gasteiger partial charge is 0.335 e. The van der Waals surface area contributed by atoms with Crippen molar-refractivity contribution in [3.8, 4) is 5.75 Å². The SMILES string of the molecule is C=C(CCCOc1ccc([N+](=O)[O-])cc1)C(=O)OC(Br)(Br)c1ccc(Br)c(Br)c1Br. The number of carbonyl (C=O) groups is 1. The highest BCUT2D eigenvalue weighted by Crippen LogP contribution is 2.47. The van der Waals surface area contributed by atoms with Crippen LogP contribution in [-0.4, -0.2) is 17.5 Å². The molecule has 0 aromatic heterocycles. The summed E-state index contributed by atoms with van der Waals surface area (Å²) in [4.78, 5) is 22.6. The van der Waals surface area contributed by atoms with E-state index >= 15 is 0 Å². The third-order valence-electron chi connectivity index (χ3n) is 3.80. The summed E-state index contributed by atoms with van der Waals surface area (Å²) in [6, 6.07) is 9.40. The lowest BCUT2D eigenvalue weighted by atomic mass is 10.2. The minimum Gasteiger partial charge on any atom is -0.494 e. The van der Waals surface area contributed by atoms with Gasteiger partial charge < -0.3 is 9.47 Å². The summed E-state index contributed by atoms with van der Waals surface area (Å²) in [5.41, 5.74) is 0.939. The van der Waals surface area contributed by atoms with Gasteiger partial charge in [-0.2, -0.15) is 0 Å². The number of rotatable bonds is 9. The van der Waals surface area contributed by atoms with Crippen LogP contribution in [0, 0.1) is 10.1 Å². The van der Waals surface area contributed by atoms with Crippen molar-refractivity contribution < 1.29 is 19.2 Å². The van der Waals surface area contributed by atoms with Crippen molar-refractivity contribution in [2.45, 2.75) is 16.3 Å². The molecule has 0 bridgehead atoms. The molecule has 0 aliphatic heterocycles. The second kappa shape index (κ2) is 11.2. The molecule has 0 atom stereocenters. The van der Waals surface area contributed by atoms with Crippen molar-refractivity contribution in [3.05, 3.63) is 77.6 Å². The lowest BCUT2D eigenvalue weighted by molar-refractivity contribution is -0.384. The lowest BCUT2D eigenvalue weighted by Crippen LogP contribution is -2.21. The van der Waals surface area contributed by atoms with Crippen LogP contribution in [0.25, 0.3) is 0 Å². The third kappa shape index (κ3) is 6.88. The number of alkyl halides is 2. The predicted octanol–water partition coefficient (Wildman–Crippen LogP) is 7.74. The van der Waals surface area contributed by atoms with E-state index in [2.05, 4.69) is 86.2 Å². The Kier molecular flexibility index (Phi) is 9.54. The summed E-state index contributed by atoms with van der Waals surface area (Å²) in [5, 5.41) is 10.6. The second-order valence-corrected chi connectivity index (χ2v) is 11.7.